The third-order valence-corrected chi connectivity index (χ3v) is 3.82. The van der Waals surface area contributed by atoms with E-state index in [1.165, 1.54) is 0 Å². The van der Waals surface area contributed by atoms with Gasteiger partial charge in [-0.3, -0.25) is 4.79 Å². The molecule has 3 rings (SSSR count). The topological polar surface area (TPSA) is 66.9 Å². The van der Waals surface area contributed by atoms with E-state index in [4.69, 9.17) is 0 Å². The molecule has 0 atom stereocenters. The van der Waals surface area contributed by atoms with Crippen LogP contribution in [0.1, 0.15) is 29.4 Å². The van der Waals surface area contributed by atoms with Crippen molar-refractivity contribution in [1.29, 1.82) is 0 Å². The molecule has 132 valence electrons. The molecule has 0 saturated heterocycles. The molecule has 0 aliphatic rings. The molecular formula is C21H22N4O. The molecule has 26 heavy (non-hydrogen) atoms. The van der Waals surface area contributed by atoms with Gasteiger partial charge >= 0.3 is 0 Å². The van der Waals surface area contributed by atoms with Crippen molar-refractivity contribution < 1.29 is 4.79 Å². The number of benzene rings is 2. The highest BCUT2D eigenvalue weighted by molar-refractivity contribution is 6.03. The van der Waals surface area contributed by atoms with E-state index >= 15 is 0 Å². The fourth-order valence-corrected chi connectivity index (χ4v) is 2.54. The molecular weight excluding hydrogens is 324 g/mol. The van der Waals surface area contributed by atoms with Crippen molar-refractivity contribution in [3.63, 3.8) is 0 Å². The van der Waals surface area contributed by atoms with Gasteiger partial charge < -0.3 is 10.6 Å². The molecule has 0 bridgehead atoms. The van der Waals surface area contributed by atoms with E-state index in [9.17, 15) is 4.79 Å². The normalized spacial score (nSPS) is 10.4. The van der Waals surface area contributed by atoms with Crippen molar-refractivity contribution in [3.05, 3.63) is 71.9 Å². The minimum atomic E-state index is -0.255. The van der Waals surface area contributed by atoms with Crippen LogP contribution in [-0.2, 0) is 0 Å². The Kier molecular flexibility index (Phi) is 5.59. The van der Waals surface area contributed by atoms with Crippen LogP contribution in [0.2, 0.25) is 0 Å². The molecule has 0 saturated carbocycles. The average Bonchev–Trinajstić information content (AvgIpc) is 2.67. The summed E-state index contributed by atoms with van der Waals surface area (Å²) in [7, 11) is 0. The Bertz CT molecular complexity index is 894. The van der Waals surface area contributed by atoms with E-state index in [1.54, 1.807) is 6.07 Å². The maximum Gasteiger partial charge on any atom is 0.274 e. The monoisotopic (exact) mass is 346 g/mol. The van der Waals surface area contributed by atoms with Gasteiger partial charge in [0.25, 0.3) is 5.91 Å². The molecule has 1 heterocycles. The highest BCUT2D eigenvalue weighted by Gasteiger charge is 2.13. The quantitative estimate of drug-likeness (QED) is 0.688. The standard InChI is InChI=1S/C21H22N4O/c1-3-12-22-19-14-18(21(26)23-17-11-7-8-15(2)13-17)24-20(25-19)16-9-5-4-6-10-16/h4-11,13-14H,3,12H2,1-2H3,(H,23,26)(H,22,24,25). The lowest BCUT2D eigenvalue weighted by Gasteiger charge is -2.10. The smallest absolute Gasteiger partial charge is 0.274 e. The van der Waals surface area contributed by atoms with Gasteiger partial charge in [0, 0.05) is 23.9 Å². The molecule has 0 spiro atoms. The summed E-state index contributed by atoms with van der Waals surface area (Å²) in [5, 5.41) is 6.15. The lowest BCUT2D eigenvalue weighted by molar-refractivity contribution is 0.102. The van der Waals surface area contributed by atoms with Crippen LogP contribution >= 0.6 is 0 Å². The predicted octanol–water partition coefficient (Wildman–Crippen LogP) is 4.53. The van der Waals surface area contributed by atoms with Gasteiger partial charge in [0.05, 0.1) is 0 Å². The number of nitrogens with zero attached hydrogens (tertiary/aromatic N) is 2. The molecule has 5 heteroatoms. The summed E-state index contributed by atoms with van der Waals surface area (Å²) in [5.74, 6) is 0.922. The number of aromatic nitrogens is 2. The van der Waals surface area contributed by atoms with Gasteiger partial charge in [-0.25, -0.2) is 9.97 Å². The van der Waals surface area contributed by atoms with Crippen molar-refractivity contribution in [1.82, 2.24) is 9.97 Å². The fraction of sp³-hybridized carbons (Fsp3) is 0.190. The summed E-state index contributed by atoms with van der Waals surface area (Å²) in [6, 6.07) is 19.0. The second kappa shape index (κ2) is 8.25. The Balaban J connectivity index is 1.92. The number of hydrogen-bond acceptors (Lipinski definition) is 4. The van der Waals surface area contributed by atoms with E-state index < -0.39 is 0 Å². The van der Waals surface area contributed by atoms with E-state index in [1.807, 2.05) is 61.5 Å². The zero-order valence-corrected chi connectivity index (χ0v) is 15.0. The Labute approximate surface area is 153 Å². The molecule has 2 aromatic carbocycles. The summed E-state index contributed by atoms with van der Waals surface area (Å²) in [6.07, 6.45) is 0.968. The van der Waals surface area contributed by atoms with Crippen LogP contribution in [0.4, 0.5) is 11.5 Å². The highest BCUT2D eigenvalue weighted by Crippen LogP contribution is 2.19. The van der Waals surface area contributed by atoms with E-state index in [-0.39, 0.29) is 5.91 Å². The van der Waals surface area contributed by atoms with Crippen LogP contribution in [0.5, 0.6) is 0 Å². The number of hydrogen-bond donors (Lipinski definition) is 2. The lowest BCUT2D eigenvalue weighted by Crippen LogP contribution is -2.16. The van der Waals surface area contributed by atoms with Gasteiger partial charge in [-0.1, -0.05) is 49.4 Å². The summed E-state index contributed by atoms with van der Waals surface area (Å²) >= 11 is 0. The highest BCUT2D eigenvalue weighted by atomic mass is 16.1. The number of carbonyl (C=O) groups is 1. The lowest BCUT2D eigenvalue weighted by atomic mass is 10.2. The predicted molar refractivity (Wildman–Crippen MR) is 105 cm³/mol. The van der Waals surface area contributed by atoms with E-state index in [0.29, 0.717) is 17.3 Å². The van der Waals surface area contributed by atoms with Crippen molar-refractivity contribution in [2.24, 2.45) is 0 Å². The van der Waals surface area contributed by atoms with Crippen molar-refractivity contribution in [3.8, 4) is 11.4 Å². The maximum absolute atomic E-state index is 12.7. The molecule has 5 nitrogen and oxygen atoms in total. The molecule has 1 aromatic heterocycles. The number of rotatable bonds is 6. The molecule has 0 aliphatic carbocycles. The van der Waals surface area contributed by atoms with Crippen LogP contribution < -0.4 is 10.6 Å². The fourth-order valence-electron chi connectivity index (χ4n) is 2.54. The number of aryl methyl sites for hydroxylation is 1. The third kappa shape index (κ3) is 4.45. The zero-order chi connectivity index (χ0) is 18.4. The summed E-state index contributed by atoms with van der Waals surface area (Å²) in [4.78, 5) is 21.7. The number of anilines is 2. The molecule has 2 N–H and O–H groups in total. The third-order valence-electron chi connectivity index (χ3n) is 3.82. The largest absolute Gasteiger partial charge is 0.370 e. The van der Waals surface area contributed by atoms with Crippen LogP contribution in [-0.4, -0.2) is 22.4 Å². The van der Waals surface area contributed by atoms with Gasteiger partial charge in [-0.05, 0) is 31.0 Å². The van der Waals surface area contributed by atoms with Gasteiger partial charge in [0.1, 0.15) is 11.5 Å². The SMILES string of the molecule is CCCNc1cc(C(=O)Nc2cccc(C)c2)nc(-c2ccccc2)n1. The first kappa shape index (κ1) is 17.6. The van der Waals surface area contributed by atoms with Gasteiger partial charge in [0.2, 0.25) is 0 Å². The van der Waals surface area contributed by atoms with E-state index in [0.717, 1.165) is 29.8 Å². The van der Waals surface area contributed by atoms with Crippen molar-refractivity contribution in [2.45, 2.75) is 20.3 Å². The molecule has 0 fully saturated rings. The first-order valence-corrected chi connectivity index (χ1v) is 8.72. The van der Waals surface area contributed by atoms with Gasteiger partial charge in [-0.15, -0.1) is 0 Å². The molecule has 1 amide bonds. The van der Waals surface area contributed by atoms with E-state index in [2.05, 4.69) is 27.5 Å². The Morgan fingerprint density at radius 1 is 1.00 bits per heavy atom. The van der Waals surface area contributed by atoms with Gasteiger partial charge in [0.15, 0.2) is 5.82 Å². The van der Waals surface area contributed by atoms with Crippen molar-refractivity contribution >= 4 is 17.4 Å². The number of carbonyl (C=O) groups excluding carboxylic acids is 1. The minimum absolute atomic E-state index is 0.255. The second-order valence-electron chi connectivity index (χ2n) is 6.08. The Hall–Kier alpha value is -3.21. The van der Waals surface area contributed by atoms with Crippen LogP contribution in [0.3, 0.4) is 0 Å². The number of amides is 1. The first-order valence-electron chi connectivity index (χ1n) is 8.72. The number of nitrogens with one attached hydrogen (secondary N) is 2. The van der Waals surface area contributed by atoms with Crippen LogP contribution in [0.15, 0.2) is 60.7 Å². The molecule has 0 unspecified atom stereocenters. The molecule has 0 radical (unpaired) electrons. The maximum atomic E-state index is 12.7. The Morgan fingerprint density at radius 2 is 1.81 bits per heavy atom. The first-order chi connectivity index (χ1) is 12.7. The summed E-state index contributed by atoms with van der Waals surface area (Å²) in [5.41, 5.74) is 3.04. The Morgan fingerprint density at radius 3 is 2.54 bits per heavy atom. The molecule has 3 aromatic rings. The van der Waals surface area contributed by atoms with Crippen molar-refractivity contribution in [2.75, 3.05) is 17.2 Å². The van der Waals surface area contributed by atoms with Gasteiger partial charge in [-0.2, -0.15) is 0 Å². The van der Waals surface area contributed by atoms with Crippen LogP contribution in [0, 0.1) is 6.92 Å². The van der Waals surface area contributed by atoms with Crippen LogP contribution in [0.25, 0.3) is 11.4 Å². The second-order valence-corrected chi connectivity index (χ2v) is 6.08. The summed E-state index contributed by atoms with van der Waals surface area (Å²) in [6.45, 7) is 4.85. The minimum Gasteiger partial charge on any atom is -0.370 e. The zero-order valence-electron chi connectivity index (χ0n) is 15.0. The molecule has 0 aliphatic heterocycles. The average molecular weight is 346 g/mol. The summed E-state index contributed by atoms with van der Waals surface area (Å²) < 4.78 is 0.